The van der Waals surface area contributed by atoms with Crippen LogP contribution in [-0.2, 0) is 14.4 Å². The second-order valence-electron chi connectivity index (χ2n) is 8.30. The van der Waals surface area contributed by atoms with E-state index in [2.05, 4.69) is 5.32 Å². The number of likely N-dealkylation sites (tertiary alicyclic amines) is 2. The molecule has 3 rings (SSSR count). The van der Waals surface area contributed by atoms with Gasteiger partial charge in [-0.1, -0.05) is 44.2 Å². The summed E-state index contributed by atoms with van der Waals surface area (Å²) in [5.41, 5.74) is 1.09. The van der Waals surface area contributed by atoms with Crippen LogP contribution in [0.15, 0.2) is 30.3 Å². The summed E-state index contributed by atoms with van der Waals surface area (Å²) in [5, 5.41) is 3.06. The van der Waals surface area contributed by atoms with Crippen LogP contribution in [0.3, 0.4) is 0 Å². The molecule has 2 fully saturated rings. The number of benzene rings is 1. The average molecular weight is 386 g/mol. The molecule has 152 valence electrons. The van der Waals surface area contributed by atoms with Crippen molar-refractivity contribution in [2.45, 2.75) is 52.1 Å². The van der Waals surface area contributed by atoms with Gasteiger partial charge in [0.25, 0.3) is 0 Å². The molecule has 1 aromatic carbocycles. The molecule has 1 N–H and O–H groups in total. The van der Waals surface area contributed by atoms with Crippen molar-refractivity contribution >= 4 is 17.7 Å². The number of hydrogen-bond donors (Lipinski definition) is 1. The second-order valence-corrected chi connectivity index (χ2v) is 8.30. The molecule has 0 aromatic heterocycles. The molecule has 1 aromatic rings. The number of amides is 3. The van der Waals surface area contributed by atoms with E-state index in [9.17, 15) is 14.4 Å². The van der Waals surface area contributed by atoms with E-state index in [1.54, 1.807) is 0 Å². The Balaban J connectivity index is 1.53. The topological polar surface area (TPSA) is 69.7 Å². The van der Waals surface area contributed by atoms with Crippen LogP contribution in [-0.4, -0.2) is 53.2 Å². The third kappa shape index (κ3) is 4.54. The first-order valence-electron chi connectivity index (χ1n) is 10.3. The summed E-state index contributed by atoms with van der Waals surface area (Å²) in [5.74, 6) is -0.0996. The maximum Gasteiger partial charge on any atom is 0.227 e. The molecule has 0 saturated carbocycles. The predicted octanol–water partition coefficient (Wildman–Crippen LogP) is 2.36. The Hall–Kier alpha value is -2.37. The highest BCUT2D eigenvalue weighted by Crippen LogP contribution is 2.30. The molecular formula is C22H31N3O3. The molecule has 3 amide bonds. The van der Waals surface area contributed by atoms with E-state index >= 15 is 0 Å². The van der Waals surface area contributed by atoms with Gasteiger partial charge in [0, 0.05) is 38.0 Å². The Morgan fingerprint density at radius 2 is 1.71 bits per heavy atom. The van der Waals surface area contributed by atoms with Crippen molar-refractivity contribution in [3.05, 3.63) is 35.9 Å². The van der Waals surface area contributed by atoms with Crippen molar-refractivity contribution in [2.75, 3.05) is 19.6 Å². The quantitative estimate of drug-likeness (QED) is 0.846. The van der Waals surface area contributed by atoms with Crippen LogP contribution in [0, 0.1) is 11.8 Å². The molecular weight excluding hydrogens is 354 g/mol. The summed E-state index contributed by atoms with van der Waals surface area (Å²) in [6.45, 7) is 7.54. The predicted molar refractivity (Wildman–Crippen MR) is 107 cm³/mol. The van der Waals surface area contributed by atoms with Gasteiger partial charge < -0.3 is 15.1 Å². The number of carbonyl (C=O) groups excluding carboxylic acids is 3. The summed E-state index contributed by atoms with van der Waals surface area (Å²) in [6.07, 6.45) is 1.84. The fourth-order valence-corrected chi connectivity index (χ4v) is 4.05. The number of hydrogen-bond acceptors (Lipinski definition) is 3. The van der Waals surface area contributed by atoms with Gasteiger partial charge in [-0.15, -0.1) is 0 Å². The lowest BCUT2D eigenvalue weighted by atomic mass is 10.0. The molecule has 6 nitrogen and oxygen atoms in total. The molecule has 0 radical (unpaired) electrons. The fourth-order valence-electron chi connectivity index (χ4n) is 4.05. The molecule has 2 atom stereocenters. The Morgan fingerprint density at radius 1 is 1.07 bits per heavy atom. The lowest BCUT2D eigenvalue weighted by Gasteiger charge is -2.34. The third-order valence-corrected chi connectivity index (χ3v) is 5.93. The molecule has 0 aliphatic carbocycles. The van der Waals surface area contributed by atoms with Gasteiger partial charge in [0.05, 0.1) is 12.0 Å². The van der Waals surface area contributed by atoms with Gasteiger partial charge >= 0.3 is 0 Å². The zero-order chi connectivity index (χ0) is 20.3. The van der Waals surface area contributed by atoms with E-state index in [0.717, 1.165) is 18.4 Å². The molecule has 2 aliphatic heterocycles. The Kier molecular flexibility index (Phi) is 6.37. The van der Waals surface area contributed by atoms with Crippen LogP contribution < -0.4 is 5.32 Å². The maximum absolute atomic E-state index is 12.9. The largest absolute Gasteiger partial charge is 0.353 e. The van der Waals surface area contributed by atoms with Crippen molar-refractivity contribution in [3.63, 3.8) is 0 Å². The summed E-state index contributed by atoms with van der Waals surface area (Å²) in [6, 6.07) is 10.0. The number of rotatable bonds is 5. The molecule has 0 bridgehead atoms. The van der Waals surface area contributed by atoms with Gasteiger partial charge in [0.1, 0.15) is 0 Å². The lowest BCUT2D eigenvalue weighted by molar-refractivity contribution is -0.137. The SMILES string of the molecule is CC(C)C(=O)NC1CCN(C(=O)C2CC(=O)N(C(C)c3ccccc3)C2)CC1. The van der Waals surface area contributed by atoms with Crippen LogP contribution in [0.25, 0.3) is 0 Å². The van der Waals surface area contributed by atoms with E-state index in [4.69, 9.17) is 0 Å². The number of nitrogens with one attached hydrogen (secondary N) is 1. The minimum Gasteiger partial charge on any atom is -0.353 e. The molecule has 2 heterocycles. The zero-order valence-corrected chi connectivity index (χ0v) is 17.1. The molecule has 28 heavy (non-hydrogen) atoms. The number of carbonyl (C=O) groups is 3. The van der Waals surface area contributed by atoms with Gasteiger partial charge in [-0.3, -0.25) is 14.4 Å². The van der Waals surface area contributed by atoms with Crippen LogP contribution in [0.2, 0.25) is 0 Å². The highest BCUT2D eigenvalue weighted by atomic mass is 16.2. The van der Waals surface area contributed by atoms with Gasteiger partial charge in [0.15, 0.2) is 0 Å². The van der Waals surface area contributed by atoms with E-state index in [0.29, 0.717) is 26.1 Å². The Morgan fingerprint density at radius 3 is 2.32 bits per heavy atom. The van der Waals surface area contributed by atoms with E-state index in [-0.39, 0.29) is 41.6 Å². The normalized spacial score (nSPS) is 21.9. The first-order chi connectivity index (χ1) is 13.4. The lowest BCUT2D eigenvalue weighted by Crippen LogP contribution is -2.49. The van der Waals surface area contributed by atoms with E-state index < -0.39 is 0 Å². The van der Waals surface area contributed by atoms with Gasteiger partial charge in [0.2, 0.25) is 17.7 Å². The maximum atomic E-state index is 12.9. The molecule has 6 heteroatoms. The van der Waals surface area contributed by atoms with Crippen molar-refractivity contribution in [1.29, 1.82) is 0 Å². The summed E-state index contributed by atoms with van der Waals surface area (Å²) in [4.78, 5) is 41.0. The van der Waals surface area contributed by atoms with Crippen LogP contribution in [0.4, 0.5) is 0 Å². The van der Waals surface area contributed by atoms with Crippen molar-refractivity contribution in [2.24, 2.45) is 11.8 Å². The van der Waals surface area contributed by atoms with Gasteiger partial charge in [-0.25, -0.2) is 0 Å². The minimum atomic E-state index is -0.263. The summed E-state index contributed by atoms with van der Waals surface area (Å²) in [7, 11) is 0. The Labute approximate surface area is 167 Å². The van der Waals surface area contributed by atoms with E-state index in [1.807, 2.05) is 60.9 Å². The van der Waals surface area contributed by atoms with Crippen molar-refractivity contribution < 1.29 is 14.4 Å². The highest BCUT2D eigenvalue weighted by molar-refractivity contribution is 5.89. The first kappa shape index (κ1) is 20.4. The average Bonchev–Trinajstić information content (AvgIpc) is 3.09. The van der Waals surface area contributed by atoms with Gasteiger partial charge in [-0.05, 0) is 25.3 Å². The fraction of sp³-hybridized carbons (Fsp3) is 0.591. The summed E-state index contributed by atoms with van der Waals surface area (Å²) >= 11 is 0. The monoisotopic (exact) mass is 385 g/mol. The number of nitrogens with zero attached hydrogens (tertiary/aromatic N) is 2. The standard InChI is InChI=1S/C22H31N3O3/c1-15(2)21(27)23-19-9-11-24(12-10-19)22(28)18-13-20(26)25(14-18)16(3)17-7-5-4-6-8-17/h4-8,15-16,18-19H,9-14H2,1-3H3,(H,23,27). The molecule has 2 saturated heterocycles. The van der Waals surface area contributed by atoms with Gasteiger partial charge in [-0.2, -0.15) is 0 Å². The van der Waals surface area contributed by atoms with Crippen LogP contribution >= 0.6 is 0 Å². The van der Waals surface area contributed by atoms with E-state index in [1.165, 1.54) is 0 Å². The first-order valence-corrected chi connectivity index (χ1v) is 10.3. The smallest absolute Gasteiger partial charge is 0.227 e. The van der Waals surface area contributed by atoms with Crippen LogP contribution in [0.5, 0.6) is 0 Å². The zero-order valence-electron chi connectivity index (χ0n) is 17.1. The number of piperidine rings is 1. The van der Waals surface area contributed by atoms with Crippen molar-refractivity contribution in [1.82, 2.24) is 15.1 Å². The summed E-state index contributed by atoms with van der Waals surface area (Å²) < 4.78 is 0. The van der Waals surface area contributed by atoms with Crippen molar-refractivity contribution in [3.8, 4) is 0 Å². The molecule has 2 aliphatic rings. The molecule has 2 unspecified atom stereocenters. The molecule has 0 spiro atoms. The second kappa shape index (κ2) is 8.76. The highest BCUT2D eigenvalue weighted by Gasteiger charge is 2.39. The Bertz CT molecular complexity index is 711. The van der Waals surface area contributed by atoms with Crippen LogP contribution in [0.1, 0.15) is 51.6 Å². The third-order valence-electron chi connectivity index (χ3n) is 5.93. The minimum absolute atomic E-state index is 0.0246.